The molecular formula is C10H9F5O. The molecule has 3 rings (SSSR count). The highest BCUT2D eigenvalue weighted by Gasteiger charge is 2.88. The number of alkyl halides is 5. The number of allylic oxidation sites excluding steroid dienone is 2. The molecule has 16 heavy (non-hydrogen) atoms. The van der Waals surface area contributed by atoms with Gasteiger partial charge >= 0.3 is 6.18 Å². The van der Waals surface area contributed by atoms with Crippen molar-refractivity contribution in [2.45, 2.75) is 24.1 Å². The van der Waals surface area contributed by atoms with Crippen LogP contribution >= 0.6 is 0 Å². The van der Waals surface area contributed by atoms with Crippen molar-refractivity contribution in [3.05, 3.63) is 12.2 Å². The second-order valence-electron chi connectivity index (χ2n) is 4.89. The lowest BCUT2D eigenvalue weighted by Gasteiger charge is -2.58. The van der Waals surface area contributed by atoms with Crippen molar-refractivity contribution in [1.29, 1.82) is 0 Å². The predicted octanol–water partition coefficient (Wildman–Crippen LogP) is 2.37. The molecule has 1 nitrogen and oxygen atoms in total. The van der Waals surface area contributed by atoms with Crippen molar-refractivity contribution < 1.29 is 27.1 Å². The smallest absolute Gasteiger partial charge is 0.376 e. The lowest BCUT2D eigenvalue weighted by molar-refractivity contribution is -0.426. The van der Waals surface area contributed by atoms with Gasteiger partial charge in [0.25, 0.3) is 5.92 Å². The van der Waals surface area contributed by atoms with Crippen LogP contribution in [0, 0.1) is 23.7 Å². The Morgan fingerprint density at radius 3 is 2.06 bits per heavy atom. The van der Waals surface area contributed by atoms with Crippen molar-refractivity contribution in [1.82, 2.24) is 0 Å². The first kappa shape index (κ1) is 10.5. The van der Waals surface area contributed by atoms with E-state index in [4.69, 9.17) is 0 Å². The third-order valence-electron chi connectivity index (χ3n) is 4.30. The van der Waals surface area contributed by atoms with Gasteiger partial charge in [0, 0.05) is 11.8 Å². The van der Waals surface area contributed by atoms with Gasteiger partial charge in [0.1, 0.15) is 0 Å². The standard InChI is InChI=1S/C10H9F5O/c11-9(12)7-5-2-1-4(3-5)6(7)8(9,16)10(13,14)15/h1-2,4-7,16H,3H2. The topological polar surface area (TPSA) is 20.2 Å². The van der Waals surface area contributed by atoms with Gasteiger partial charge < -0.3 is 5.11 Å². The van der Waals surface area contributed by atoms with E-state index in [1.54, 1.807) is 6.08 Å². The zero-order valence-corrected chi connectivity index (χ0v) is 8.01. The fourth-order valence-corrected chi connectivity index (χ4v) is 3.64. The molecule has 0 aromatic rings. The molecule has 5 unspecified atom stereocenters. The molecule has 3 aliphatic carbocycles. The van der Waals surface area contributed by atoms with E-state index < -0.39 is 41.4 Å². The first-order valence-electron chi connectivity index (χ1n) is 5.06. The van der Waals surface area contributed by atoms with Crippen LogP contribution in [0.15, 0.2) is 12.2 Å². The zero-order chi connectivity index (χ0) is 11.9. The van der Waals surface area contributed by atoms with Crippen LogP contribution in [0.1, 0.15) is 6.42 Å². The Labute approximate surface area is 87.9 Å². The van der Waals surface area contributed by atoms with E-state index in [0.29, 0.717) is 6.42 Å². The quantitative estimate of drug-likeness (QED) is 0.509. The fourth-order valence-electron chi connectivity index (χ4n) is 3.64. The predicted molar refractivity (Wildman–Crippen MR) is 43.7 cm³/mol. The highest BCUT2D eigenvalue weighted by molar-refractivity contribution is 5.31. The van der Waals surface area contributed by atoms with Crippen LogP contribution in [0.25, 0.3) is 0 Å². The van der Waals surface area contributed by atoms with E-state index in [-0.39, 0.29) is 0 Å². The molecule has 0 aliphatic heterocycles. The maximum atomic E-state index is 13.5. The molecule has 0 heterocycles. The molecule has 2 saturated carbocycles. The number of halogens is 5. The molecule has 1 N–H and O–H groups in total. The third kappa shape index (κ3) is 0.803. The molecule has 3 aliphatic rings. The minimum Gasteiger partial charge on any atom is -0.376 e. The highest BCUT2D eigenvalue weighted by Crippen LogP contribution is 2.72. The van der Waals surface area contributed by atoms with Crippen molar-refractivity contribution in [2.75, 3.05) is 0 Å². The second kappa shape index (κ2) is 2.44. The molecule has 0 spiro atoms. The monoisotopic (exact) mass is 240 g/mol. The highest BCUT2D eigenvalue weighted by atomic mass is 19.4. The van der Waals surface area contributed by atoms with Crippen LogP contribution in [-0.2, 0) is 0 Å². The van der Waals surface area contributed by atoms with Gasteiger partial charge in [-0.1, -0.05) is 12.2 Å². The minimum absolute atomic E-state index is 0.309. The lowest BCUT2D eigenvalue weighted by atomic mass is 9.54. The molecule has 5 atom stereocenters. The summed E-state index contributed by atoms with van der Waals surface area (Å²) < 4.78 is 64.8. The van der Waals surface area contributed by atoms with E-state index in [0.717, 1.165) is 0 Å². The SMILES string of the molecule is OC1(C(F)(F)F)C2C3C=CC(C3)C2C1(F)F. The summed E-state index contributed by atoms with van der Waals surface area (Å²) in [5.41, 5.74) is -3.82. The van der Waals surface area contributed by atoms with Crippen molar-refractivity contribution in [2.24, 2.45) is 23.7 Å². The normalized spacial score (nSPS) is 52.6. The summed E-state index contributed by atoms with van der Waals surface area (Å²) in [6.07, 6.45) is -1.88. The van der Waals surface area contributed by atoms with Gasteiger partial charge in [0.05, 0.1) is 0 Å². The van der Waals surface area contributed by atoms with E-state index in [2.05, 4.69) is 0 Å². The maximum absolute atomic E-state index is 13.5. The molecule has 0 aromatic carbocycles. The average molecular weight is 240 g/mol. The minimum atomic E-state index is -5.27. The Morgan fingerprint density at radius 1 is 1.06 bits per heavy atom. The van der Waals surface area contributed by atoms with Crippen LogP contribution < -0.4 is 0 Å². The van der Waals surface area contributed by atoms with Gasteiger partial charge in [-0.3, -0.25) is 0 Å². The number of fused-ring (bicyclic) bond motifs is 5. The summed E-state index contributed by atoms with van der Waals surface area (Å²) in [4.78, 5) is 0. The molecule has 0 saturated heterocycles. The molecule has 0 radical (unpaired) electrons. The fraction of sp³-hybridized carbons (Fsp3) is 0.800. The molecule has 6 heteroatoms. The van der Waals surface area contributed by atoms with Gasteiger partial charge in [-0.2, -0.15) is 13.2 Å². The Hall–Kier alpha value is -0.650. The third-order valence-corrected chi connectivity index (χ3v) is 4.30. The zero-order valence-electron chi connectivity index (χ0n) is 8.01. The summed E-state index contributed by atoms with van der Waals surface area (Å²) in [6, 6.07) is 0. The largest absolute Gasteiger partial charge is 0.423 e. The summed E-state index contributed by atoms with van der Waals surface area (Å²) in [6.45, 7) is 0. The maximum Gasteiger partial charge on any atom is 0.423 e. The number of hydrogen-bond donors (Lipinski definition) is 1. The van der Waals surface area contributed by atoms with Gasteiger partial charge in [0.15, 0.2) is 0 Å². The van der Waals surface area contributed by atoms with Crippen LogP contribution in [0.4, 0.5) is 22.0 Å². The van der Waals surface area contributed by atoms with Crippen LogP contribution in [0.5, 0.6) is 0 Å². The van der Waals surface area contributed by atoms with Gasteiger partial charge in [-0.15, -0.1) is 0 Å². The number of aliphatic hydroxyl groups is 1. The van der Waals surface area contributed by atoms with Crippen molar-refractivity contribution >= 4 is 0 Å². The lowest BCUT2D eigenvalue weighted by Crippen LogP contribution is -2.78. The Balaban J connectivity index is 2.07. The van der Waals surface area contributed by atoms with Crippen molar-refractivity contribution in [3.8, 4) is 0 Å². The first-order valence-corrected chi connectivity index (χ1v) is 5.06. The number of hydrogen-bond acceptors (Lipinski definition) is 1. The molecule has 2 fully saturated rings. The van der Waals surface area contributed by atoms with Gasteiger partial charge in [0.2, 0.25) is 5.60 Å². The summed E-state index contributed by atoms with van der Waals surface area (Å²) in [5.74, 6) is -7.82. The van der Waals surface area contributed by atoms with E-state index in [1.165, 1.54) is 6.08 Å². The molecule has 0 aromatic heterocycles. The summed E-state index contributed by atoms with van der Waals surface area (Å²) >= 11 is 0. The average Bonchev–Trinajstić information content (AvgIpc) is 2.72. The second-order valence-corrected chi connectivity index (χ2v) is 4.89. The Kier molecular flexibility index (Phi) is 1.60. The molecular weight excluding hydrogens is 231 g/mol. The van der Waals surface area contributed by atoms with E-state index in [1.807, 2.05) is 0 Å². The Bertz CT molecular complexity index is 374. The summed E-state index contributed by atoms with van der Waals surface area (Å²) in [7, 11) is 0. The molecule has 0 amide bonds. The number of rotatable bonds is 0. The molecule has 2 bridgehead atoms. The molecule has 90 valence electrons. The van der Waals surface area contributed by atoms with Gasteiger partial charge in [-0.05, 0) is 18.3 Å². The van der Waals surface area contributed by atoms with E-state index in [9.17, 15) is 27.1 Å². The van der Waals surface area contributed by atoms with Crippen molar-refractivity contribution in [3.63, 3.8) is 0 Å². The Morgan fingerprint density at radius 2 is 1.56 bits per heavy atom. The summed E-state index contributed by atoms with van der Waals surface area (Å²) in [5, 5.41) is 9.36. The van der Waals surface area contributed by atoms with E-state index >= 15 is 0 Å². The van der Waals surface area contributed by atoms with Crippen LogP contribution in [0.3, 0.4) is 0 Å². The first-order chi connectivity index (χ1) is 7.21. The van der Waals surface area contributed by atoms with Gasteiger partial charge in [-0.25, -0.2) is 8.78 Å². The van der Waals surface area contributed by atoms with Crippen LogP contribution in [0.2, 0.25) is 0 Å². The van der Waals surface area contributed by atoms with Crippen LogP contribution in [-0.4, -0.2) is 22.8 Å².